The van der Waals surface area contributed by atoms with Gasteiger partial charge in [-0.3, -0.25) is 0 Å². The van der Waals surface area contributed by atoms with E-state index < -0.39 is 0 Å². The third-order valence-electron chi connectivity index (χ3n) is 1.70. The molecule has 0 heterocycles. The molecule has 0 spiro atoms. The summed E-state index contributed by atoms with van der Waals surface area (Å²) < 4.78 is 16.0. The first-order valence-corrected chi connectivity index (χ1v) is 5.02. The van der Waals surface area contributed by atoms with Gasteiger partial charge in [-0.2, -0.15) is 0 Å². The van der Waals surface area contributed by atoms with Crippen LogP contribution in [0.15, 0.2) is 18.2 Å². The first-order chi connectivity index (χ1) is 7.24. The van der Waals surface area contributed by atoms with Gasteiger partial charge in [0, 0.05) is 7.11 Å². The van der Waals surface area contributed by atoms with Gasteiger partial charge in [-0.15, -0.1) is 0 Å². The second-order valence-electron chi connectivity index (χ2n) is 3.38. The highest BCUT2D eigenvalue weighted by Crippen LogP contribution is 2.26. The molecule has 0 fully saturated rings. The second-order valence-corrected chi connectivity index (χ2v) is 3.38. The first kappa shape index (κ1) is 11.9. The van der Waals surface area contributed by atoms with Crippen molar-refractivity contribution < 1.29 is 14.2 Å². The van der Waals surface area contributed by atoms with E-state index in [1.165, 1.54) is 0 Å². The molecule has 0 saturated heterocycles. The summed E-state index contributed by atoms with van der Waals surface area (Å²) in [6, 6.07) is 8.38. The smallest absolute Gasteiger partial charge is 0.162 e. The Morgan fingerprint density at radius 1 is 1.27 bits per heavy atom. The molecule has 1 rings (SSSR count). The summed E-state index contributed by atoms with van der Waals surface area (Å²) in [5.74, 6) is 1.46. The number of hydrogen-bond donors (Lipinski definition) is 0. The quantitative estimate of drug-likeness (QED) is 0.673. The topological polar surface area (TPSA) is 27.7 Å². The number of hydrogen-bond acceptors (Lipinski definition) is 3. The van der Waals surface area contributed by atoms with Gasteiger partial charge >= 0.3 is 0 Å². The predicted molar refractivity (Wildman–Crippen MR) is 58.4 cm³/mol. The molecule has 1 aromatic carbocycles. The molecule has 0 N–H and O–H groups in total. The third kappa shape index (κ3) is 4.21. The Balaban J connectivity index is 2.60. The molecule has 0 amide bonds. The first-order valence-electron chi connectivity index (χ1n) is 5.02. The zero-order valence-corrected chi connectivity index (χ0v) is 9.45. The lowest BCUT2D eigenvalue weighted by atomic mass is 10.3. The average Bonchev–Trinajstić information content (AvgIpc) is 2.20. The minimum Gasteiger partial charge on any atom is -0.487 e. The van der Waals surface area contributed by atoms with Crippen molar-refractivity contribution in [2.45, 2.75) is 20.0 Å². The standard InChI is InChI=1S/C12H17O3/c1-10(2)15-12-7-5-4-6-11(12)14-9-8-13-3/h4,6-7,10H,8-9H2,1-3H3. The van der Waals surface area contributed by atoms with Crippen molar-refractivity contribution in [1.82, 2.24) is 0 Å². The van der Waals surface area contributed by atoms with E-state index in [1.807, 2.05) is 19.9 Å². The Labute approximate surface area is 91.0 Å². The van der Waals surface area contributed by atoms with Crippen LogP contribution in [-0.4, -0.2) is 26.4 Å². The monoisotopic (exact) mass is 209 g/mol. The molecule has 0 atom stereocenters. The Bertz CT molecular complexity index is 284. The normalized spacial score (nSPS) is 10.4. The van der Waals surface area contributed by atoms with E-state index in [0.717, 1.165) is 11.5 Å². The molecular formula is C12H17O3. The Hall–Kier alpha value is -1.22. The molecular weight excluding hydrogens is 192 g/mol. The van der Waals surface area contributed by atoms with Gasteiger partial charge in [-0.1, -0.05) is 6.07 Å². The summed E-state index contributed by atoms with van der Waals surface area (Å²) in [7, 11) is 1.65. The van der Waals surface area contributed by atoms with Gasteiger partial charge in [-0.05, 0) is 32.0 Å². The lowest BCUT2D eigenvalue weighted by molar-refractivity contribution is 0.141. The maximum absolute atomic E-state index is 5.58. The van der Waals surface area contributed by atoms with Crippen LogP contribution in [0.4, 0.5) is 0 Å². The van der Waals surface area contributed by atoms with Gasteiger partial charge in [0.15, 0.2) is 11.5 Å². The van der Waals surface area contributed by atoms with Crippen LogP contribution < -0.4 is 9.47 Å². The van der Waals surface area contributed by atoms with Gasteiger partial charge in [0.2, 0.25) is 0 Å². The molecule has 0 aliphatic rings. The van der Waals surface area contributed by atoms with Crippen LogP contribution in [0.2, 0.25) is 0 Å². The van der Waals surface area contributed by atoms with E-state index in [9.17, 15) is 0 Å². The molecule has 3 nitrogen and oxygen atoms in total. The third-order valence-corrected chi connectivity index (χ3v) is 1.70. The molecule has 0 aliphatic heterocycles. The van der Waals surface area contributed by atoms with E-state index in [2.05, 4.69) is 6.07 Å². The fourth-order valence-corrected chi connectivity index (χ4v) is 1.10. The van der Waals surface area contributed by atoms with Crippen molar-refractivity contribution in [3.8, 4) is 11.5 Å². The van der Waals surface area contributed by atoms with Crippen molar-refractivity contribution in [2.75, 3.05) is 20.3 Å². The summed E-state index contributed by atoms with van der Waals surface area (Å²) >= 11 is 0. The number of ether oxygens (including phenoxy) is 3. The second kappa shape index (κ2) is 6.30. The van der Waals surface area contributed by atoms with Crippen LogP contribution in [0.25, 0.3) is 0 Å². The van der Waals surface area contributed by atoms with Gasteiger partial charge in [0.1, 0.15) is 6.61 Å². The SMILES string of the molecule is COCCOc1cc[c]cc1OC(C)C. The molecule has 15 heavy (non-hydrogen) atoms. The van der Waals surface area contributed by atoms with Crippen molar-refractivity contribution in [1.29, 1.82) is 0 Å². The fourth-order valence-electron chi connectivity index (χ4n) is 1.10. The van der Waals surface area contributed by atoms with E-state index in [4.69, 9.17) is 14.2 Å². The maximum atomic E-state index is 5.58. The molecule has 0 aromatic heterocycles. The van der Waals surface area contributed by atoms with Crippen LogP contribution in [-0.2, 0) is 4.74 Å². The molecule has 1 aromatic rings. The number of methoxy groups -OCH3 is 1. The van der Waals surface area contributed by atoms with Crippen molar-refractivity contribution in [3.63, 3.8) is 0 Å². The zero-order chi connectivity index (χ0) is 11.1. The fraction of sp³-hybridized carbons (Fsp3) is 0.500. The van der Waals surface area contributed by atoms with E-state index in [1.54, 1.807) is 19.2 Å². The number of benzene rings is 1. The molecule has 83 valence electrons. The van der Waals surface area contributed by atoms with Crippen LogP contribution in [0.3, 0.4) is 0 Å². The minimum absolute atomic E-state index is 0.130. The largest absolute Gasteiger partial charge is 0.487 e. The van der Waals surface area contributed by atoms with Gasteiger partial charge in [0.25, 0.3) is 0 Å². The number of rotatable bonds is 6. The van der Waals surface area contributed by atoms with Crippen LogP contribution in [0.1, 0.15) is 13.8 Å². The maximum Gasteiger partial charge on any atom is 0.162 e. The lowest BCUT2D eigenvalue weighted by Crippen LogP contribution is -2.09. The van der Waals surface area contributed by atoms with Crippen LogP contribution in [0.5, 0.6) is 11.5 Å². The molecule has 0 aliphatic carbocycles. The zero-order valence-electron chi connectivity index (χ0n) is 9.45. The van der Waals surface area contributed by atoms with E-state index in [-0.39, 0.29) is 6.10 Å². The van der Waals surface area contributed by atoms with Crippen LogP contribution in [0, 0.1) is 6.07 Å². The summed E-state index contributed by atoms with van der Waals surface area (Å²) in [5.41, 5.74) is 0. The molecule has 0 unspecified atom stereocenters. The van der Waals surface area contributed by atoms with Gasteiger partial charge in [-0.25, -0.2) is 0 Å². The Morgan fingerprint density at radius 2 is 2.07 bits per heavy atom. The highest BCUT2D eigenvalue weighted by molar-refractivity contribution is 5.39. The summed E-state index contributed by atoms with van der Waals surface area (Å²) in [6.45, 7) is 5.05. The highest BCUT2D eigenvalue weighted by Gasteiger charge is 2.05. The van der Waals surface area contributed by atoms with Crippen molar-refractivity contribution >= 4 is 0 Å². The van der Waals surface area contributed by atoms with Crippen molar-refractivity contribution in [3.05, 3.63) is 24.3 Å². The minimum atomic E-state index is 0.130. The summed E-state index contributed by atoms with van der Waals surface area (Å²) in [6.07, 6.45) is 0.130. The Morgan fingerprint density at radius 3 is 2.73 bits per heavy atom. The average molecular weight is 209 g/mol. The molecule has 0 saturated carbocycles. The van der Waals surface area contributed by atoms with Gasteiger partial charge in [0.05, 0.1) is 12.7 Å². The Kier molecular flexibility index (Phi) is 4.98. The predicted octanol–water partition coefficient (Wildman–Crippen LogP) is 2.30. The lowest BCUT2D eigenvalue weighted by Gasteiger charge is -2.14. The molecule has 3 heteroatoms. The molecule has 0 bridgehead atoms. The van der Waals surface area contributed by atoms with E-state index in [0.29, 0.717) is 13.2 Å². The van der Waals surface area contributed by atoms with Crippen LogP contribution >= 0.6 is 0 Å². The summed E-state index contributed by atoms with van der Waals surface area (Å²) in [4.78, 5) is 0. The summed E-state index contributed by atoms with van der Waals surface area (Å²) in [5, 5.41) is 0. The molecule has 1 radical (unpaired) electrons. The van der Waals surface area contributed by atoms with E-state index >= 15 is 0 Å². The highest BCUT2D eigenvalue weighted by atomic mass is 16.5. The van der Waals surface area contributed by atoms with Gasteiger partial charge < -0.3 is 14.2 Å². The van der Waals surface area contributed by atoms with Crippen molar-refractivity contribution in [2.24, 2.45) is 0 Å².